The minimum atomic E-state index is -1.21. The molecule has 8 heteroatoms. The molecule has 0 aromatic carbocycles. The van der Waals surface area contributed by atoms with Gasteiger partial charge in [0.25, 0.3) is 0 Å². The summed E-state index contributed by atoms with van der Waals surface area (Å²) in [6.07, 6.45) is -0.0683. The number of aliphatic hydroxyl groups excluding tert-OH is 1. The number of aliphatic carboxylic acids is 1. The van der Waals surface area contributed by atoms with Crippen LogP contribution in [-0.4, -0.2) is 65.3 Å². The van der Waals surface area contributed by atoms with E-state index in [2.05, 4.69) is 10.6 Å². The van der Waals surface area contributed by atoms with Crippen molar-refractivity contribution in [2.24, 2.45) is 0 Å². The van der Waals surface area contributed by atoms with Crippen molar-refractivity contribution >= 4 is 17.9 Å². The maximum Gasteiger partial charge on any atom is 0.326 e. The zero-order chi connectivity index (χ0) is 12.8. The predicted octanol–water partition coefficient (Wildman–Crippen LogP) is -2.04. The van der Waals surface area contributed by atoms with Gasteiger partial charge in [-0.05, 0) is 0 Å². The van der Waals surface area contributed by atoms with E-state index in [4.69, 9.17) is 10.2 Å². The van der Waals surface area contributed by atoms with Crippen LogP contribution in [0.15, 0.2) is 0 Å². The molecule has 1 rings (SSSR count). The average Bonchev–Trinajstić information content (AvgIpc) is 2.28. The zero-order valence-corrected chi connectivity index (χ0v) is 9.18. The number of amides is 3. The maximum atomic E-state index is 11.6. The number of hydrogen-bond acceptors (Lipinski definition) is 4. The van der Waals surface area contributed by atoms with Crippen LogP contribution < -0.4 is 10.6 Å². The third kappa shape index (κ3) is 3.91. The molecule has 1 aliphatic rings. The third-order valence-electron chi connectivity index (χ3n) is 2.34. The SMILES string of the molecule is O=C1CN(C(=O)NC(CCO)C(=O)O)CCN1. The Kier molecular flexibility index (Phi) is 4.70. The fourth-order valence-corrected chi connectivity index (χ4v) is 1.44. The van der Waals surface area contributed by atoms with E-state index in [0.29, 0.717) is 13.1 Å². The second kappa shape index (κ2) is 6.04. The summed E-state index contributed by atoms with van der Waals surface area (Å²) in [5.74, 6) is -1.49. The highest BCUT2D eigenvalue weighted by molar-refractivity contribution is 5.87. The number of nitrogens with one attached hydrogen (secondary N) is 2. The normalized spacial score (nSPS) is 17.2. The molecule has 8 nitrogen and oxygen atoms in total. The van der Waals surface area contributed by atoms with Gasteiger partial charge >= 0.3 is 12.0 Å². The lowest BCUT2D eigenvalue weighted by Gasteiger charge is -2.28. The van der Waals surface area contributed by atoms with Gasteiger partial charge in [-0.2, -0.15) is 0 Å². The number of carbonyl (C=O) groups is 3. The molecule has 0 radical (unpaired) electrons. The first-order chi connectivity index (χ1) is 8.04. The molecule has 1 aliphatic heterocycles. The standard InChI is InChI=1S/C9H15N3O5/c13-4-1-6(8(15)16)11-9(17)12-3-2-10-7(14)5-12/h6,13H,1-5H2,(H,10,14)(H,11,17)(H,15,16). The fraction of sp³-hybridized carbons (Fsp3) is 0.667. The zero-order valence-electron chi connectivity index (χ0n) is 9.18. The van der Waals surface area contributed by atoms with Crippen LogP contribution in [0.3, 0.4) is 0 Å². The Hall–Kier alpha value is -1.83. The van der Waals surface area contributed by atoms with Crippen LogP contribution in [0.2, 0.25) is 0 Å². The number of urea groups is 1. The van der Waals surface area contributed by atoms with Crippen LogP contribution in [0.5, 0.6) is 0 Å². The van der Waals surface area contributed by atoms with E-state index in [1.807, 2.05) is 0 Å². The van der Waals surface area contributed by atoms with E-state index in [9.17, 15) is 14.4 Å². The fourth-order valence-electron chi connectivity index (χ4n) is 1.44. The molecule has 1 fully saturated rings. The van der Waals surface area contributed by atoms with Gasteiger partial charge in [0.1, 0.15) is 12.6 Å². The van der Waals surface area contributed by atoms with Gasteiger partial charge in [0.15, 0.2) is 0 Å². The molecule has 17 heavy (non-hydrogen) atoms. The number of hydrogen-bond donors (Lipinski definition) is 4. The number of carboxylic acids is 1. The second-order valence-corrected chi connectivity index (χ2v) is 3.62. The lowest BCUT2D eigenvalue weighted by atomic mass is 10.2. The Balaban J connectivity index is 2.51. The van der Waals surface area contributed by atoms with Crippen LogP contribution in [0.1, 0.15) is 6.42 Å². The Morgan fingerprint density at radius 1 is 1.53 bits per heavy atom. The first-order valence-corrected chi connectivity index (χ1v) is 5.20. The Bertz CT molecular complexity index is 320. The highest BCUT2D eigenvalue weighted by atomic mass is 16.4. The first kappa shape index (κ1) is 13.2. The van der Waals surface area contributed by atoms with Crippen molar-refractivity contribution in [3.05, 3.63) is 0 Å². The predicted molar refractivity (Wildman–Crippen MR) is 56.2 cm³/mol. The van der Waals surface area contributed by atoms with Crippen LogP contribution >= 0.6 is 0 Å². The van der Waals surface area contributed by atoms with Gasteiger partial charge in [0, 0.05) is 26.1 Å². The quantitative estimate of drug-likeness (QED) is 0.455. The molecule has 0 bridgehead atoms. The number of rotatable bonds is 4. The molecule has 3 amide bonds. The summed E-state index contributed by atoms with van der Waals surface area (Å²) in [5.41, 5.74) is 0. The smallest absolute Gasteiger partial charge is 0.326 e. The van der Waals surface area contributed by atoms with Crippen molar-refractivity contribution in [2.75, 3.05) is 26.2 Å². The summed E-state index contributed by atoms with van der Waals surface area (Å²) in [5, 5.41) is 22.2. The van der Waals surface area contributed by atoms with E-state index in [1.54, 1.807) is 0 Å². The average molecular weight is 245 g/mol. The summed E-state index contributed by atoms with van der Waals surface area (Å²) >= 11 is 0. The molecule has 1 saturated heterocycles. The third-order valence-corrected chi connectivity index (χ3v) is 2.34. The molecular formula is C9H15N3O5. The van der Waals surface area contributed by atoms with Gasteiger partial charge in [-0.3, -0.25) is 4.79 Å². The summed E-state index contributed by atoms with van der Waals surface area (Å²) in [6.45, 7) is 0.266. The molecule has 1 heterocycles. The van der Waals surface area contributed by atoms with E-state index in [1.165, 1.54) is 4.90 Å². The number of aliphatic hydroxyl groups is 1. The van der Waals surface area contributed by atoms with Gasteiger partial charge in [0.05, 0.1) is 0 Å². The Morgan fingerprint density at radius 3 is 2.76 bits per heavy atom. The summed E-state index contributed by atoms with van der Waals surface area (Å²) in [6, 6.07) is -1.75. The summed E-state index contributed by atoms with van der Waals surface area (Å²) in [7, 11) is 0. The van der Waals surface area contributed by atoms with Gasteiger partial charge in [-0.25, -0.2) is 9.59 Å². The minimum absolute atomic E-state index is 0.0683. The maximum absolute atomic E-state index is 11.6. The van der Waals surface area contributed by atoms with Crippen LogP contribution in [0, 0.1) is 0 Å². The van der Waals surface area contributed by atoms with Crippen molar-refractivity contribution in [3.63, 3.8) is 0 Å². The second-order valence-electron chi connectivity index (χ2n) is 3.62. The first-order valence-electron chi connectivity index (χ1n) is 5.20. The van der Waals surface area contributed by atoms with E-state index < -0.39 is 18.0 Å². The van der Waals surface area contributed by atoms with E-state index >= 15 is 0 Å². The molecule has 0 spiro atoms. The molecular weight excluding hydrogens is 230 g/mol. The molecule has 4 N–H and O–H groups in total. The molecule has 1 atom stereocenters. The van der Waals surface area contributed by atoms with Crippen molar-refractivity contribution in [2.45, 2.75) is 12.5 Å². The van der Waals surface area contributed by atoms with Gasteiger partial charge in [-0.1, -0.05) is 0 Å². The van der Waals surface area contributed by atoms with Gasteiger partial charge in [0.2, 0.25) is 5.91 Å². The monoisotopic (exact) mass is 245 g/mol. The highest BCUT2D eigenvalue weighted by Crippen LogP contribution is 1.98. The number of piperazine rings is 1. The van der Waals surface area contributed by atoms with Crippen LogP contribution in [-0.2, 0) is 9.59 Å². The highest BCUT2D eigenvalue weighted by Gasteiger charge is 2.25. The minimum Gasteiger partial charge on any atom is -0.480 e. The van der Waals surface area contributed by atoms with Crippen molar-refractivity contribution in [1.82, 2.24) is 15.5 Å². The number of nitrogens with zero attached hydrogens (tertiary/aromatic N) is 1. The van der Waals surface area contributed by atoms with Crippen LogP contribution in [0.25, 0.3) is 0 Å². The van der Waals surface area contributed by atoms with Gasteiger partial charge in [-0.15, -0.1) is 0 Å². The lowest BCUT2D eigenvalue weighted by Crippen LogP contribution is -2.55. The molecule has 0 aliphatic carbocycles. The molecule has 0 saturated carbocycles. The number of carboxylic acid groups (broad SMARTS) is 1. The largest absolute Gasteiger partial charge is 0.480 e. The number of carbonyl (C=O) groups excluding carboxylic acids is 2. The molecule has 0 aromatic rings. The lowest BCUT2D eigenvalue weighted by molar-refractivity contribution is -0.139. The van der Waals surface area contributed by atoms with Crippen molar-refractivity contribution in [3.8, 4) is 0 Å². The summed E-state index contributed by atoms with van der Waals surface area (Å²) in [4.78, 5) is 34.6. The van der Waals surface area contributed by atoms with E-state index in [-0.39, 0.29) is 25.5 Å². The van der Waals surface area contributed by atoms with Crippen molar-refractivity contribution in [1.29, 1.82) is 0 Å². The van der Waals surface area contributed by atoms with E-state index in [0.717, 1.165) is 0 Å². The molecule has 0 aromatic heterocycles. The molecule has 1 unspecified atom stereocenters. The Labute approximate surface area is 97.6 Å². The van der Waals surface area contributed by atoms with Gasteiger partial charge < -0.3 is 25.7 Å². The van der Waals surface area contributed by atoms with Crippen LogP contribution in [0.4, 0.5) is 4.79 Å². The summed E-state index contributed by atoms with van der Waals surface area (Å²) < 4.78 is 0. The topological polar surface area (TPSA) is 119 Å². The van der Waals surface area contributed by atoms with Crippen molar-refractivity contribution < 1.29 is 24.6 Å². The molecule has 96 valence electrons. The Morgan fingerprint density at radius 2 is 2.24 bits per heavy atom.